The average molecular weight is 288 g/mol. The van der Waals surface area contributed by atoms with Crippen LogP contribution in [0.3, 0.4) is 0 Å². The van der Waals surface area contributed by atoms with E-state index in [2.05, 4.69) is 9.82 Å². The van der Waals surface area contributed by atoms with Gasteiger partial charge in [-0.1, -0.05) is 0 Å². The topological polar surface area (TPSA) is 105 Å². The third-order valence-corrected chi connectivity index (χ3v) is 4.71. The van der Waals surface area contributed by atoms with Crippen LogP contribution in [0.2, 0.25) is 0 Å². The standard InChI is InChI=1S/C10H16N4O4S/c1-13-9(2-5-11-13)12-19(17,18)14-6-3-8(4-7-14)10(15)16/h2,5,8,12H,3-4,6-7H2,1H3,(H,15,16). The predicted molar refractivity (Wildman–Crippen MR) is 67.7 cm³/mol. The number of carboxylic acid groups (broad SMARTS) is 1. The Morgan fingerprint density at radius 1 is 1.47 bits per heavy atom. The first kappa shape index (κ1) is 13.8. The maximum absolute atomic E-state index is 12.1. The molecule has 19 heavy (non-hydrogen) atoms. The Morgan fingerprint density at radius 3 is 2.58 bits per heavy atom. The first-order valence-corrected chi connectivity index (χ1v) is 7.33. The maximum Gasteiger partial charge on any atom is 0.306 e. The summed E-state index contributed by atoms with van der Waals surface area (Å²) >= 11 is 0. The lowest BCUT2D eigenvalue weighted by Crippen LogP contribution is -2.43. The number of nitrogens with one attached hydrogen (secondary N) is 1. The molecule has 0 aliphatic carbocycles. The Labute approximate surface area is 111 Å². The molecule has 8 nitrogen and oxygen atoms in total. The molecule has 2 N–H and O–H groups in total. The highest BCUT2D eigenvalue weighted by atomic mass is 32.2. The van der Waals surface area contributed by atoms with Gasteiger partial charge in [-0.2, -0.15) is 17.8 Å². The number of anilines is 1. The van der Waals surface area contributed by atoms with Crippen molar-refractivity contribution in [2.45, 2.75) is 12.8 Å². The van der Waals surface area contributed by atoms with Gasteiger partial charge in [0.05, 0.1) is 12.1 Å². The highest BCUT2D eigenvalue weighted by Gasteiger charge is 2.31. The number of carbonyl (C=O) groups is 1. The molecule has 1 aliphatic heterocycles. The summed E-state index contributed by atoms with van der Waals surface area (Å²) in [4.78, 5) is 10.8. The van der Waals surface area contributed by atoms with Crippen molar-refractivity contribution in [3.05, 3.63) is 12.3 Å². The minimum absolute atomic E-state index is 0.212. The van der Waals surface area contributed by atoms with Crippen LogP contribution < -0.4 is 4.72 Å². The molecule has 1 aliphatic rings. The molecule has 2 heterocycles. The van der Waals surface area contributed by atoms with Crippen molar-refractivity contribution in [1.82, 2.24) is 14.1 Å². The summed E-state index contributed by atoms with van der Waals surface area (Å²) in [5.74, 6) is -0.944. The van der Waals surface area contributed by atoms with Crippen LogP contribution in [0.4, 0.5) is 5.82 Å². The molecular weight excluding hydrogens is 272 g/mol. The molecule has 1 aromatic heterocycles. The zero-order valence-corrected chi connectivity index (χ0v) is 11.3. The van der Waals surface area contributed by atoms with E-state index in [4.69, 9.17) is 5.11 Å². The summed E-state index contributed by atoms with van der Waals surface area (Å²) in [6.07, 6.45) is 2.16. The number of hydrogen-bond acceptors (Lipinski definition) is 4. The van der Waals surface area contributed by atoms with Crippen LogP contribution in [0.5, 0.6) is 0 Å². The number of nitrogens with zero attached hydrogens (tertiary/aromatic N) is 3. The van der Waals surface area contributed by atoms with Crippen molar-refractivity contribution in [2.24, 2.45) is 13.0 Å². The van der Waals surface area contributed by atoms with Crippen molar-refractivity contribution in [1.29, 1.82) is 0 Å². The van der Waals surface area contributed by atoms with Crippen LogP contribution in [0.15, 0.2) is 12.3 Å². The first-order valence-electron chi connectivity index (χ1n) is 5.89. The summed E-state index contributed by atoms with van der Waals surface area (Å²) in [5, 5.41) is 12.8. The van der Waals surface area contributed by atoms with Gasteiger partial charge in [-0.25, -0.2) is 0 Å². The fourth-order valence-corrected chi connectivity index (χ4v) is 3.30. The third-order valence-electron chi connectivity index (χ3n) is 3.20. The first-order chi connectivity index (χ1) is 8.90. The Morgan fingerprint density at radius 2 is 2.11 bits per heavy atom. The lowest BCUT2D eigenvalue weighted by atomic mass is 9.99. The Bertz CT molecular complexity index is 560. The molecule has 0 saturated carbocycles. The van der Waals surface area contributed by atoms with Gasteiger partial charge in [0.15, 0.2) is 0 Å². The van der Waals surface area contributed by atoms with E-state index < -0.39 is 22.1 Å². The second-order valence-electron chi connectivity index (χ2n) is 4.46. The lowest BCUT2D eigenvalue weighted by Gasteiger charge is -2.29. The van der Waals surface area contributed by atoms with Gasteiger partial charge in [0.25, 0.3) is 0 Å². The molecular formula is C10H16N4O4S. The zero-order valence-electron chi connectivity index (χ0n) is 10.5. The summed E-state index contributed by atoms with van der Waals surface area (Å²) in [7, 11) is -2.01. The van der Waals surface area contributed by atoms with Gasteiger partial charge in [-0.15, -0.1) is 0 Å². The van der Waals surface area contributed by atoms with Gasteiger partial charge in [-0.05, 0) is 12.8 Å². The monoisotopic (exact) mass is 288 g/mol. The summed E-state index contributed by atoms with van der Waals surface area (Å²) in [5.41, 5.74) is 0. The molecule has 0 unspecified atom stereocenters. The Hall–Kier alpha value is -1.61. The molecule has 9 heteroatoms. The van der Waals surface area contributed by atoms with Crippen LogP contribution in [0.25, 0.3) is 0 Å². The molecule has 0 bridgehead atoms. The number of hydrogen-bond donors (Lipinski definition) is 2. The maximum atomic E-state index is 12.1. The normalized spacial score (nSPS) is 18.4. The number of piperidine rings is 1. The van der Waals surface area contributed by atoms with Crippen LogP contribution in [-0.4, -0.2) is 46.7 Å². The van der Waals surface area contributed by atoms with Crippen LogP contribution in [-0.2, 0) is 22.1 Å². The predicted octanol–water partition coefficient (Wildman–Crippen LogP) is -0.127. The Balaban J connectivity index is 2.02. The van der Waals surface area contributed by atoms with Gasteiger partial charge in [0, 0.05) is 26.2 Å². The largest absolute Gasteiger partial charge is 0.481 e. The number of rotatable bonds is 4. The van der Waals surface area contributed by atoms with E-state index in [0.717, 1.165) is 0 Å². The minimum atomic E-state index is -3.65. The van der Waals surface area contributed by atoms with Crippen LogP contribution >= 0.6 is 0 Å². The van der Waals surface area contributed by atoms with Gasteiger partial charge >= 0.3 is 16.2 Å². The van der Waals surface area contributed by atoms with E-state index in [1.807, 2.05) is 0 Å². The molecule has 0 atom stereocenters. The van der Waals surface area contributed by atoms with E-state index in [-0.39, 0.29) is 13.1 Å². The zero-order chi connectivity index (χ0) is 14.0. The fourth-order valence-electron chi connectivity index (χ4n) is 2.01. The minimum Gasteiger partial charge on any atom is -0.481 e. The average Bonchev–Trinajstić information content (AvgIpc) is 2.74. The van der Waals surface area contributed by atoms with E-state index >= 15 is 0 Å². The summed E-state index contributed by atoms with van der Waals surface area (Å²) in [6.45, 7) is 0.425. The van der Waals surface area contributed by atoms with Crippen molar-refractivity contribution in [3.8, 4) is 0 Å². The molecule has 1 aromatic rings. The van der Waals surface area contributed by atoms with Gasteiger partial charge in [0.1, 0.15) is 5.82 Å². The quantitative estimate of drug-likeness (QED) is 0.803. The van der Waals surface area contributed by atoms with E-state index in [1.165, 1.54) is 15.2 Å². The Kier molecular flexibility index (Phi) is 3.76. The highest BCUT2D eigenvalue weighted by molar-refractivity contribution is 7.90. The van der Waals surface area contributed by atoms with E-state index in [9.17, 15) is 13.2 Å². The number of carboxylic acids is 1. The van der Waals surface area contributed by atoms with Crippen molar-refractivity contribution < 1.29 is 18.3 Å². The molecule has 1 saturated heterocycles. The van der Waals surface area contributed by atoms with Gasteiger partial charge in [0.2, 0.25) is 0 Å². The second kappa shape index (κ2) is 5.17. The molecule has 0 aromatic carbocycles. The number of aliphatic carboxylic acids is 1. The number of aromatic nitrogens is 2. The summed E-state index contributed by atoms with van der Waals surface area (Å²) in [6, 6.07) is 1.56. The smallest absolute Gasteiger partial charge is 0.306 e. The molecule has 0 amide bonds. The van der Waals surface area contributed by atoms with E-state index in [1.54, 1.807) is 13.1 Å². The summed E-state index contributed by atoms with van der Waals surface area (Å²) < 4.78 is 29.3. The second-order valence-corrected chi connectivity index (χ2v) is 6.13. The fraction of sp³-hybridized carbons (Fsp3) is 0.600. The van der Waals surface area contributed by atoms with Gasteiger partial charge < -0.3 is 5.11 Å². The van der Waals surface area contributed by atoms with Crippen LogP contribution in [0, 0.1) is 5.92 Å². The molecule has 0 radical (unpaired) electrons. The van der Waals surface area contributed by atoms with Crippen LogP contribution in [0.1, 0.15) is 12.8 Å². The van der Waals surface area contributed by atoms with Crippen molar-refractivity contribution in [2.75, 3.05) is 17.8 Å². The highest BCUT2D eigenvalue weighted by Crippen LogP contribution is 2.20. The lowest BCUT2D eigenvalue weighted by molar-refractivity contribution is -0.142. The van der Waals surface area contributed by atoms with E-state index in [0.29, 0.717) is 18.7 Å². The number of aryl methyl sites for hydroxylation is 1. The van der Waals surface area contributed by atoms with Crippen molar-refractivity contribution in [3.63, 3.8) is 0 Å². The van der Waals surface area contributed by atoms with Gasteiger partial charge in [-0.3, -0.25) is 14.2 Å². The molecule has 2 rings (SSSR count). The molecule has 1 fully saturated rings. The van der Waals surface area contributed by atoms with Crippen molar-refractivity contribution >= 4 is 22.0 Å². The SMILES string of the molecule is Cn1nccc1NS(=O)(=O)N1CCC(C(=O)O)CC1. The third kappa shape index (κ3) is 3.04. The molecule has 0 spiro atoms. The molecule has 106 valence electrons.